The number of hydrogen-bond acceptors (Lipinski definition) is 6. The minimum absolute atomic E-state index is 0.0751. The number of likely N-dealkylation sites (tertiary alicyclic amines) is 2. The third-order valence-corrected chi connectivity index (χ3v) is 9.76. The van der Waals surface area contributed by atoms with Gasteiger partial charge in [0.25, 0.3) is 0 Å². The normalized spacial score (nSPS) is 18.0. The Morgan fingerprint density at radius 1 is 1.03 bits per heavy atom. The summed E-state index contributed by atoms with van der Waals surface area (Å²) in [6, 6.07) is 13.9. The van der Waals surface area contributed by atoms with E-state index in [1.165, 1.54) is 43.8 Å². The zero-order valence-electron chi connectivity index (χ0n) is 20.0. The van der Waals surface area contributed by atoms with Crippen LogP contribution in [0.1, 0.15) is 42.4 Å². The molecule has 2 heterocycles. The van der Waals surface area contributed by atoms with Crippen molar-refractivity contribution in [2.24, 2.45) is 0 Å². The first-order valence-corrected chi connectivity index (χ1v) is 14.5. The molecule has 180 valence electrons. The fourth-order valence-electron chi connectivity index (χ4n) is 4.76. The number of aryl methyl sites for hydroxylation is 2. The monoisotopic (exact) mass is 495 g/mol. The van der Waals surface area contributed by atoms with Crippen molar-refractivity contribution in [2.75, 3.05) is 31.9 Å². The van der Waals surface area contributed by atoms with Gasteiger partial charge in [0.15, 0.2) is 9.84 Å². The van der Waals surface area contributed by atoms with E-state index < -0.39 is 9.84 Å². The summed E-state index contributed by atoms with van der Waals surface area (Å²) in [5.41, 5.74) is 2.58. The predicted molar refractivity (Wildman–Crippen MR) is 138 cm³/mol. The van der Waals surface area contributed by atoms with Crippen LogP contribution in [-0.2, 0) is 9.84 Å². The molecule has 5 nitrogen and oxygen atoms in total. The molecule has 0 atom stereocenters. The number of hydrogen-bond donors (Lipinski definition) is 0. The molecule has 4 rings (SSSR count). The van der Waals surface area contributed by atoms with Crippen LogP contribution in [0, 0.1) is 25.2 Å². The van der Waals surface area contributed by atoms with Gasteiger partial charge in [0.1, 0.15) is 0 Å². The van der Waals surface area contributed by atoms with Gasteiger partial charge in [-0.25, -0.2) is 8.42 Å². The van der Waals surface area contributed by atoms with Crippen molar-refractivity contribution < 1.29 is 8.42 Å². The molecule has 0 N–H and O–H groups in total. The Morgan fingerprint density at radius 3 is 2.47 bits per heavy atom. The zero-order chi connectivity index (χ0) is 24.1. The summed E-state index contributed by atoms with van der Waals surface area (Å²) in [5.74, 6) is -0.0751. The Balaban J connectivity index is 1.46. The molecule has 7 heteroatoms. The Morgan fingerprint density at radius 2 is 1.76 bits per heavy atom. The molecule has 0 bridgehead atoms. The van der Waals surface area contributed by atoms with Gasteiger partial charge in [0, 0.05) is 28.9 Å². The van der Waals surface area contributed by atoms with E-state index in [4.69, 9.17) is 0 Å². The number of nitriles is 1. The molecule has 34 heavy (non-hydrogen) atoms. The van der Waals surface area contributed by atoms with Crippen LogP contribution in [0.25, 0.3) is 0 Å². The Kier molecular flexibility index (Phi) is 8.02. The number of piperidine rings is 1. The summed E-state index contributed by atoms with van der Waals surface area (Å²) >= 11 is 1.45. The summed E-state index contributed by atoms with van der Waals surface area (Å²) in [6.07, 6.45) is 8.61. The molecule has 0 saturated carbocycles. The highest BCUT2D eigenvalue weighted by atomic mass is 32.2. The number of nitrogens with zero attached hydrogens (tertiary/aromatic N) is 3. The van der Waals surface area contributed by atoms with Crippen LogP contribution < -0.4 is 0 Å². The van der Waals surface area contributed by atoms with Crippen molar-refractivity contribution in [1.29, 1.82) is 5.26 Å². The number of rotatable bonds is 7. The lowest BCUT2D eigenvalue weighted by Gasteiger charge is -2.36. The molecule has 0 amide bonds. The van der Waals surface area contributed by atoms with Gasteiger partial charge in [0.2, 0.25) is 0 Å². The lowest BCUT2D eigenvalue weighted by molar-refractivity contribution is 0.154. The molecule has 2 aliphatic rings. The first kappa shape index (κ1) is 24.8. The Labute approximate surface area is 208 Å². The maximum absolute atomic E-state index is 13.3. The van der Waals surface area contributed by atoms with Crippen LogP contribution in [-0.4, -0.2) is 56.2 Å². The SMILES string of the molecule is Cc1ccc(C)c(Sc2ccc(C#N)cc2S(=O)(=O)CC=CN2CCC(N3CCCC3)CC2)c1. The molecule has 0 aromatic heterocycles. The van der Waals surface area contributed by atoms with Crippen molar-refractivity contribution in [1.82, 2.24) is 9.80 Å². The summed E-state index contributed by atoms with van der Waals surface area (Å²) in [4.78, 5) is 6.77. The van der Waals surface area contributed by atoms with Gasteiger partial charge >= 0.3 is 0 Å². The molecule has 0 unspecified atom stereocenters. The van der Waals surface area contributed by atoms with Crippen LogP contribution in [0.4, 0.5) is 0 Å². The molecule has 0 radical (unpaired) electrons. The van der Waals surface area contributed by atoms with E-state index in [1.807, 2.05) is 26.1 Å². The lowest BCUT2D eigenvalue weighted by atomic mass is 10.0. The van der Waals surface area contributed by atoms with Crippen molar-refractivity contribution >= 4 is 21.6 Å². The summed E-state index contributed by atoms with van der Waals surface area (Å²) in [7, 11) is -3.58. The van der Waals surface area contributed by atoms with Crippen molar-refractivity contribution in [3.05, 3.63) is 65.4 Å². The second-order valence-electron chi connectivity index (χ2n) is 9.32. The Bertz CT molecular complexity index is 1190. The van der Waals surface area contributed by atoms with E-state index in [1.54, 1.807) is 18.2 Å². The molecule has 2 aromatic carbocycles. The summed E-state index contributed by atoms with van der Waals surface area (Å²) < 4.78 is 26.7. The molecular formula is C27H33N3O2S2. The topological polar surface area (TPSA) is 64.4 Å². The van der Waals surface area contributed by atoms with Crippen LogP contribution in [0.3, 0.4) is 0 Å². The first-order valence-electron chi connectivity index (χ1n) is 12.0. The van der Waals surface area contributed by atoms with Gasteiger partial charge in [-0.1, -0.05) is 30.0 Å². The van der Waals surface area contributed by atoms with E-state index in [9.17, 15) is 13.7 Å². The Hall–Kier alpha value is -2.27. The quantitative estimate of drug-likeness (QED) is 0.528. The second-order valence-corrected chi connectivity index (χ2v) is 12.4. The fraction of sp³-hybridized carbons (Fsp3) is 0.444. The van der Waals surface area contributed by atoms with Gasteiger partial charge in [0.05, 0.1) is 22.3 Å². The van der Waals surface area contributed by atoms with Crippen LogP contribution in [0.2, 0.25) is 0 Å². The van der Waals surface area contributed by atoms with Gasteiger partial charge in [-0.2, -0.15) is 5.26 Å². The maximum atomic E-state index is 13.3. The average molecular weight is 496 g/mol. The number of benzene rings is 2. The highest BCUT2D eigenvalue weighted by molar-refractivity contribution is 8.00. The summed E-state index contributed by atoms with van der Waals surface area (Å²) in [6.45, 7) is 8.44. The highest BCUT2D eigenvalue weighted by Crippen LogP contribution is 2.36. The first-order chi connectivity index (χ1) is 16.4. The third-order valence-electron chi connectivity index (χ3n) is 6.76. The lowest BCUT2D eigenvalue weighted by Crippen LogP contribution is -2.42. The highest BCUT2D eigenvalue weighted by Gasteiger charge is 2.25. The minimum Gasteiger partial charge on any atom is -0.378 e. The van der Waals surface area contributed by atoms with Crippen molar-refractivity contribution in [2.45, 2.75) is 60.3 Å². The fourth-order valence-corrected chi connectivity index (χ4v) is 7.47. The molecule has 0 spiro atoms. The van der Waals surface area contributed by atoms with E-state index in [0.29, 0.717) is 16.5 Å². The molecule has 0 aliphatic carbocycles. The average Bonchev–Trinajstić information content (AvgIpc) is 3.37. The predicted octanol–water partition coefficient (Wildman–Crippen LogP) is 5.17. The molecule has 2 fully saturated rings. The largest absolute Gasteiger partial charge is 0.378 e. The van der Waals surface area contributed by atoms with Crippen LogP contribution >= 0.6 is 11.8 Å². The molecular weight excluding hydrogens is 462 g/mol. The van der Waals surface area contributed by atoms with Gasteiger partial charge in [-0.15, -0.1) is 0 Å². The van der Waals surface area contributed by atoms with Gasteiger partial charge in [-0.05, 0) is 94.2 Å². The standard InChI is InChI=1S/C27H33N3O2S2/c1-21-6-7-22(2)26(18-21)33-25-9-8-23(20-28)19-27(25)34(31,32)17-5-12-29-15-10-24(11-16-29)30-13-3-4-14-30/h5-9,12,18-19,24H,3-4,10-11,13-17H2,1-2H3. The minimum atomic E-state index is -3.58. The zero-order valence-corrected chi connectivity index (χ0v) is 21.7. The van der Waals surface area contributed by atoms with E-state index >= 15 is 0 Å². The third kappa shape index (κ3) is 6.04. The van der Waals surface area contributed by atoms with Crippen LogP contribution in [0.15, 0.2) is 63.4 Å². The maximum Gasteiger partial charge on any atom is 0.183 e. The van der Waals surface area contributed by atoms with Crippen molar-refractivity contribution in [3.8, 4) is 6.07 Å². The number of sulfone groups is 1. The van der Waals surface area contributed by atoms with E-state index in [-0.39, 0.29) is 10.6 Å². The van der Waals surface area contributed by atoms with Gasteiger partial charge in [-0.3, -0.25) is 0 Å². The molecule has 2 aromatic rings. The summed E-state index contributed by atoms with van der Waals surface area (Å²) in [5, 5.41) is 9.36. The smallest absolute Gasteiger partial charge is 0.183 e. The van der Waals surface area contributed by atoms with Crippen LogP contribution in [0.5, 0.6) is 0 Å². The second kappa shape index (κ2) is 11.0. The van der Waals surface area contributed by atoms with E-state index in [2.05, 4.69) is 28.0 Å². The van der Waals surface area contributed by atoms with Crippen molar-refractivity contribution in [3.63, 3.8) is 0 Å². The molecule has 2 saturated heterocycles. The van der Waals surface area contributed by atoms with E-state index in [0.717, 1.165) is 42.0 Å². The molecule has 2 aliphatic heterocycles. The van der Waals surface area contributed by atoms with Gasteiger partial charge < -0.3 is 9.80 Å².